The van der Waals surface area contributed by atoms with Crippen LogP contribution in [0.3, 0.4) is 0 Å². The van der Waals surface area contributed by atoms with Gasteiger partial charge in [0.15, 0.2) is 17.3 Å². The second-order valence-electron chi connectivity index (χ2n) is 5.87. The molecule has 0 fully saturated rings. The quantitative estimate of drug-likeness (QED) is 0.635. The highest BCUT2D eigenvalue weighted by molar-refractivity contribution is 5.94. The van der Waals surface area contributed by atoms with Crippen LogP contribution in [0.25, 0.3) is 0 Å². The van der Waals surface area contributed by atoms with Gasteiger partial charge in [0.1, 0.15) is 18.5 Å². The van der Waals surface area contributed by atoms with Crippen LogP contribution in [-0.4, -0.2) is 44.4 Å². The fourth-order valence-electron chi connectivity index (χ4n) is 2.42. The minimum atomic E-state index is -0.683. The average Bonchev–Trinajstić information content (AvgIpc) is 2.66. The van der Waals surface area contributed by atoms with E-state index in [2.05, 4.69) is 5.32 Å². The summed E-state index contributed by atoms with van der Waals surface area (Å²) in [6, 6.07) is 12.7. The van der Waals surface area contributed by atoms with Crippen molar-refractivity contribution < 1.29 is 24.1 Å². The zero-order valence-corrected chi connectivity index (χ0v) is 15.3. The predicted octanol–water partition coefficient (Wildman–Crippen LogP) is 2.44. The number of methoxy groups -OCH3 is 2. The molecule has 6 heteroatoms. The van der Waals surface area contributed by atoms with Crippen molar-refractivity contribution in [3.63, 3.8) is 0 Å². The number of aliphatic hydroxyl groups excluding tert-OH is 1. The average molecular weight is 359 g/mol. The van der Waals surface area contributed by atoms with E-state index >= 15 is 0 Å². The van der Waals surface area contributed by atoms with E-state index in [1.54, 1.807) is 25.3 Å². The Morgan fingerprint density at radius 2 is 1.92 bits per heavy atom. The van der Waals surface area contributed by atoms with Crippen molar-refractivity contribution in [2.75, 3.05) is 27.4 Å². The van der Waals surface area contributed by atoms with E-state index in [1.807, 2.05) is 24.3 Å². The lowest BCUT2D eigenvalue weighted by molar-refractivity contribution is 0.101. The molecule has 2 N–H and O–H groups in total. The standard InChI is InChI=1S/C20H25NO5/c1-14(22)16-7-8-19(20(10-16)25-3)26-13-17(23)12-21-11-15-5-4-6-18(9-15)24-2/h4-10,17,21,23H,11-13H2,1-3H3/t17-/m0/s1. The summed E-state index contributed by atoms with van der Waals surface area (Å²) < 4.78 is 16.0. The number of hydrogen-bond donors (Lipinski definition) is 2. The first kappa shape index (κ1) is 19.8. The van der Waals surface area contributed by atoms with Gasteiger partial charge in [-0.05, 0) is 42.8 Å². The summed E-state index contributed by atoms with van der Waals surface area (Å²) in [7, 11) is 3.14. The van der Waals surface area contributed by atoms with Crippen molar-refractivity contribution in [1.29, 1.82) is 0 Å². The third kappa shape index (κ3) is 5.75. The van der Waals surface area contributed by atoms with Gasteiger partial charge in [0.25, 0.3) is 0 Å². The van der Waals surface area contributed by atoms with Gasteiger partial charge in [0.05, 0.1) is 14.2 Å². The van der Waals surface area contributed by atoms with Crippen molar-refractivity contribution in [2.45, 2.75) is 19.6 Å². The molecule has 0 spiro atoms. The molecule has 0 aliphatic carbocycles. The number of carbonyl (C=O) groups excluding carboxylic acids is 1. The molecule has 0 aliphatic rings. The molecule has 0 radical (unpaired) electrons. The van der Waals surface area contributed by atoms with Crippen LogP contribution in [0.5, 0.6) is 17.2 Å². The Hall–Kier alpha value is -2.57. The Kier molecular flexibility index (Phi) is 7.44. The molecule has 0 aliphatic heterocycles. The minimum absolute atomic E-state index is 0.0448. The maximum atomic E-state index is 11.4. The van der Waals surface area contributed by atoms with Crippen LogP contribution in [0.2, 0.25) is 0 Å². The summed E-state index contributed by atoms with van der Waals surface area (Å²) in [5.41, 5.74) is 1.62. The third-order valence-electron chi connectivity index (χ3n) is 3.84. The summed E-state index contributed by atoms with van der Waals surface area (Å²) in [6.07, 6.45) is -0.683. The number of Topliss-reactive ketones (excluding diaryl/α,β-unsaturated/α-hetero) is 1. The van der Waals surface area contributed by atoms with Crippen molar-refractivity contribution >= 4 is 5.78 Å². The lowest BCUT2D eigenvalue weighted by Gasteiger charge is -2.15. The fourth-order valence-corrected chi connectivity index (χ4v) is 2.42. The maximum Gasteiger partial charge on any atom is 0.161 e. The van der Waals surface area contributed by atoms with E-state index in [-0.39, 0.29) is 12.4 Å². The zero-order valence-electron chi connectivity index (χ0n) is 15.3. The van der Waals surface area contributed by atoms with Gasteiger partial charge in [-0.15, -0.1) is 0 Å². The first-order chi connectivity index (χ1) is 12.5. The summed E-state index contributed by atoms with van der Waals surface area (Å²) in [5.74, 6) is 1.71. The van der Waals surface area contributed by atoms with Crippen LogP contribution in [0.15, 0.2) is 42.5 Å². The first-order valence-electron chi connectivity index (χ1n) is 8.37. The molecule has 0 heterocycles. The van der Waals surface area contributed by atoms with Gasteiger partial charge in [-0.2, -0.15) is 0 Å². The van der Waals surface area contributed by atoms with Crippen LogP contribution >= 0.6 is 0 Å². The van der Waals surface area contributed by atoms with Crippen LogP contribution < -0.4 is 19.5 Å². The molecule has 0 amide bonds. The van der Waals surface area contributed by atoms with E-state index < -0.39 is 6.10 Å². The number of rotatable bonds is 10. The Bertz CT molecular complexity index is 732. The van der Waals surface area contributed by atoms with Crippen LogP contribution in [0.1, 0.15) is 22.8 Å². The van der Waals surface area contributed by atoms with Gasteiger partial charge in [-0.3, -0.25) is 4.79 Å². The van der Waals surface area contributed by atoms with Gasteiger partial charge in [-0.25, -0.2) is 0 Å². The molecule has 2 aromatic rings. The van der Waals surface area contributed by atoms with Crippen molar-refractivity contribution in [1.82, 2.24) is 5.32 Å². The molecule has 0 unspecified atom stereocenters. The summed E-state index contributed by atoms with van der Waals surface area (Å²) in [5, 5.41) is 13.3. The van der Waals surface area contributed by atoms with Gasteiger partial charge in [0, 0.05) is 18.7 Å². The molecule has 0 aromatic heterocycles. The van der Waals surface area contributed by atoms with Crippen LogP contribution in [0, 0.1) is 0 Å². The monoisotopic (exact) mass is 359 g/mol. The largest absolute Gasteiger partial charge is 0.497 e. The Morgan fingerprint density at radius 1 is 1.12 bits per heavy atom. The number of nitrogens with one attached hydrogen (secondary N) is 1. The Morgan fingerprint density at radius 3 is 2.62 bits per heavy atom. The number of carbonyl (C=O) groups is 1. The van der Waals surface area contributed by atoms with E-state index in [0.29, 0.717) is 30.2 Å². The van der Waals surface area contributed by atoms with Gasteiger partial charge in [-0.1, -0.05) is 12.1 Å². The molecule has 6 nitrogen and oxygen atoms in total. The maximum absolute atomic E-state index is 11.4. The summed E-state index contributed by atoms with van der Waals surface area (Å²) in [4.78, 5) is 11.4. The highest BCUT2D eigenvalue weighted by Crippen LogP contribution is 2.28. The molecule has 2 aromatic carbocycles. The summed E-state index contributed by atoms with van der Waals surface area (Å²) in [6.45, 7) is 2.60. The Labute approximate surface area is 153 Å². The minimum Gasteiger partial charge on any atom is -0.497 e. The number of ketones is 1. The second kappa shape index (κ2) is 9.79. The van der Waals surface area contributed by atoms with E-state index in [1.165, 1.54) is 14.0 Å². The van der Waals surface area contributed by atoms with Crippen LogP contribution in [-0.2, 0) is 6.54 Å². The van der Waals surface area contributed by atoms with Gasteiger partial charge >= 0.3 is 0 Å². The Balaban J connectivity index is 1.81. The highest BCUT2D eigenvalue weighted by atomic mass is 16.5. The van der Waals surface area contributed by atoms with Gasteiger partial charge in [0.2, 0.25) is 0 Å². The lowest BCUT2D eigenvalue weighted by Crippen LogP contribution is -2.31. The van der Waals surface area contributed by atoms with E-state index in [9.17, 15) is 9.90 Å². The number of aliphatic hydroxyl groups is 1. The van der Waals surface area contributed by atoms with Crippen molar-refractivity contribution in [2.24, 2.45) is 0 Å². The zero-order chi connectivity index (χ0) is 18.9. The number of ether oxygens (including phenoxy) is 3. The molecule has 26 heavy (non-hydrogen) atoms. The first-order valence-corrected chi connectivity index (χ1v) is 8.37. The lowest BCUT2D eigenvalue weighted by atomic mass is 10.1. The van der Waals surface area contributed by atoms with Crippen LogP contribution in [0.4, 0.5) is 0 Å². The third-order valence-corrected chi connectivity index (χ3v) is 3.84. The molecule has 0 bridgehead atoms. The van der Waals surface area contributed by atoms with Crippen molar-refractivity contribution in [3.8, 4) is 17.2 Å². The number of benzene rings is 2. The molecule has 0 saturated carbocycles. The molecular weight excluding hydrogens is 334 g/mol. The molecule has 140 valence electrons. The fraction of sp³-hybridized carbons (Fsp3) is 0.350. The predicted molar refractivity (Wildman–Crippen MR) is 99.2 cm³/mol. The summed E-state index contributed by atoms with van der Waals surface area (Å²) >= 11 is 0. The molecular formula is C20H25NO5. The van der Waals surface area contributed by atoms with Gasteiger partial charge < -0.3 is 24.6 Å². The highest BCUT2D eigenvalue weighted by Gasteiger charge is 2.11. The normalized spacial score (nSPS) is 11.7. The SMILES string of the molecule is COc1cccc(CNC[C@H](O)COc2ccc(C(C)=O)cc2OC)c1. The molecule has 1 atom stereocenters. The smallest absolute Gasteiger partial charge is 0.161 e. The van der Waals surface area contributed by atoms with E-state index in [0.717, 1.165) is 11.3 Å². The molecule has 2 rings (SSSR count). The topological polar surface area (TPSA) is 77.0 Å². The van der Waals surface area contributed by atoms with E-state index in [4.69, 9.17) is 14.2 Å². The number of hydrogen-bond acceptors (Lipinski definition) is 6. The molecule has 0 saturated heterocycles. The second-order valence-corrected chi connectivity index (χ2v) is 5.87. The van der Waals surface area contributed by atoms with Crippen molar-refractivity contribution in [3.05, 3.63) is 53.6 Å².